The fourth-order valence-electron chi connectivity index (χ4n) is 4.06. The number of nitrogens with zero attached hydrogens (tertiary/aromatic N) is 1. The first-order chi connectivity index (χ1) is 13.0. The number of hydrogen-bond donors (Lipinski definition) is 1. The zero-order chi connectivity index (χ0) is 19.0. The van der Waals surface area contributed by atoms with Gasteiger partial charge in [-0.2, -0.15) is 0 Å². The molecule has 1 saturated carbocycles. The number of rotatable bonds is 5. The second kappa shape index (κ2) is 7.74. The minimum absolute atomic E-state index is 0.0412. The van der Waals surface area contributed by atoms with Crippen molar-refractivity contribution >= 4 is 28.5 Å². The van der Waals surface area contributed by atoms with E-state index in [9.17, 15) is 9.00 Å². The summed E-state index contributed by atoms with van der Waals surface area (Å²) in [6, 6.07) is 16.3. The summed E-state index contributed by atoms with van der Waals surface area (Å²) in [4.78, 5) is 14.9. The van der Waals surface area contributed by atoms with E-state index in [-0.39, 0.29) is 23.8 Å². The van der Waals surface area contributed by atoms with Crippen molar-refractivity contribution in [1.82, 2.24) is 9.62 Å². The van der Waals surface area contributed by atoms with E-state index >= 15 is 0 Å². The molecule has 2 fully saturated rings. The van der Waals surface area contributed by atoms with Crippen molar-refractivity contribution < 1.29 is 9.00 Å². The molecule has 1 heterocycles. The molecule has 1 saturated heterocycles. The first-order valence-corrected chi connectivity index (χ1v) is 11.2. The van der Waals surface area contributed by atoms with Crippen LogP contribution < -0.4 is 4.72 Å². The zero-order valence-corrected chi connectivity index (χ0v) is 16.8. The van der Waals surface area contributed by atoms with Crippen molar-refractivity contribution in [2.24, 2.45) is 5.92 Å². The predicted molar refractivity (Wildman–Crippen MR) is 110 cm³/mol. The van der Waals surface area contributed by atoms with E-state index in [4.69, 9.17) is 11.6 Å². The maximum atomic E-state index is 12.9. The first kappa shape index (κ1) is 18.7. The van der Waals surface area contributed by atoms with Crippen LogP contribution in [-0.4, -0.2) is 40.4 Å². The third kappa shape index (κ3) is 4.10. The van der Waals surface area contributed by atoms with E-state index in [1.54, 1.807) is 6.26 Å². The molecule has 2 aromatic rings. The summed E-state index contributed by atoms with van der Waals surface area (Å²) in [5.74, 6) is 0.511. The molecule has 0 aromatic heterocycles. The molecule has 4 rings (SSSR count). The number of nitrogens with one attached hydrogen (secondary N) is 1. The standard InChI is InChI=1S/C21H23ClN2O2S/c1-27(26)23-16-9-10-24(13-16)21(25)20-12-19(20)17-8-7-15(22)11-18(17)14-5-3-2-4-6-14/h2-8,11,16,19-20,23H,9-10,12-13H2,1H3. The van der Waals surface area contributed by atoms with Crippen molar-refractivity contribution in [2.75, 3.05) is 19.3 Å². The first-order valence-electron chi connectivity index (χ1n) is 9.26. The summed E-state index contributed by atoms with van der Waals surface area (Å²) >= 11 is 6.24. The van der Waals surface area contributed by atoms with E-state index in [0.717, 1.165) is 30.5 Å². The Balaban J connectivity index is 1.49. The smallest absolute Gasteiger partial charge is 0.226 e. The predicted octanol–water partition coefficient (Wildman–Crippen LogP) is 3.59. The largest absolute Gasteiger partial charge is 0.341 e. The summed E-state index contributed by atoms with van der Waals surface area (Å²) in [6.45, 7) is 1.39. The van der Waals surface area contributed by atoms with Gasteiger partial charge in [-0.05, 0) is 47.6 Å². The molecule has 1 aliphatic heterocycles. The van der Waals surface area contributed by atoms with Crippen LogP contribution in [-0.2, 0) is 15.8 Å². The van der Waals surface area contributed by atoms with Gasteiger partial charge in [-0.15, -0.1) is 0 Å². The molecule has 0 radical (unpaired) electrons. The van der Waals surface area contributed by atoms with Gasteiger partial charge in [0.1, 0.15) is 0 Å². The van der Waals surface area contributed by atoms with Crippen LogP contribution in [0.3, 0.4) is 0 Å². The van der Waals surface area contributed by atoms with Crippen LogP contribution >= 0.6 is 11.6 Å². The lowest BCUT2D eigenvalue weighted by atomic mass is 9.96. The number of hydrogen-bond acceptors (Lipinski definition) is 2. The van der Waals surface area contributed by atoms with Crippen molar-refractivity contribution in [1.29, 1.82) is 0 Å². The number of likely N-dealkylation sites (tertiary alicyclic amines) is 1. The van der Waals surface area contributed by atoms with Gasteiger partial charge in [0.05, 0.1) is 11.0 Å². The van der Waals surface area contributed by atoms with Crippen molar-refractivity contribution in [3.8, 4) is 11.1 Å². The van der Waals surface area contributed by atoms with Gasteiger partial charge >= 0.3 is 0 Å². The van der Waals surface area contributed by atoms with E-state index in [1.807, 2.05) is 35.2 Å². The average molecular weight is 403 g/mol. The lowest BCUT2D eigenvalue weighted by Crippen LogP contribution is -2.36. The van der Waals surface area contributed by atoms with E-state index in [1.165, 1.54) is 5.56 Å². The monoisotopic (exact) mass is 402 g/mol. The molecule has 27 heavy (non-hydrogen) atoms. The summed E-state index contributed by atoms with van der Waals surface area (Å²) in [7, 11) is -1.04. The quantitative estimate of drug-likeness (QED) is 0.830. The zero-order valence-electron chi connectivity index (χ0n) is 15.2. The van der Waals surface area contributed by atoms with Crippen molar-refractivity contribution in [2.45, 2.75) is 24.8 Å². The molecule has 0 bridgehead atoms. The van der Waals surface area contributed by atoms with E-state index in [0.29, 0.717) is 11.6 Å². The molecule has 1 N–H and O–H groups in total. The Hall–Kier alpha value is -1.69. The molecular weight excluding hydrogens is 380 g/mol. The topological polar surface area (TPSA) is 49.4 Å². The molecule has 6 heteroatoms. The van der Waals surface area contributed by atoms with E-state index in [2.05, 4.69) is 22.9 Å². The Labute approximate surface area is 167 Å². The molecule has 0 spiro atoms. The maximum Gasteiger partial charge on any atom is 0.226 e. The molecule has 4 nitrogen and oxygen atoms in total. The van der Waals surface area contributed by atoms with Gasteiger partial charge in [-0.25, -0.2) is 8.93 Å². The molecule has 1 aliphatic carbocycles. The van der Waals surface area contributed by atoms with E-state index < -0.39 is 11.0 Å². The molecule has 4 atom stereocenters. The molecule has 1 amide bonds. The third-order valence-electron chi connectivity index (χ3n) is 5.44. The van der Waals surface area contributed by atoms with Gasteiger partial charge in [-0.3, -0.25) is 4.79 Å². The maximum absolute atomic E-state index is 12.9. The van der Waals surface area contributed by atoms with Crippen molar-refractivity contribution in [3.63, 3.8) is 0 Å². The number of carbonyl (C=O) groups is 1. The molecule has 2 aromatic carbocycles. The minimum Gasteiger partial charge on any atom is -0.341 e. The van der Waals surface area contributed by atoms with Crippen LogP contribution in [0.4, 0.5) is 0 Å². The number of halogens is 1. The van der Waals surface area contributed by atoms with Crippen LogP contribution in [0.5, 0.6) is 0 Å². The Morgan fingerprint density at radius 3 is 2.74 bits per heavy atom. The highest BCUT2D eigenvalue weighted by atomic mass is 35.5. The average Bonchev–Trinajstić information content (AvgIpc) is 3.32. The molecule has 2 aliphatic rings. The summed E-state index contributed by atoms with van der Waals surface area (Å²) in [6.07, 6.45) is 3.38. The van der Waals surface area contributed by atoms with Gasteiger partial charge in [-0.1, -0.05) is 48.0 Å². The second-order valence-electron chi connectivity index (χ2n) is 7.39. The van der Waals surface area contributed by atoms with Gasteiger partial charge in [0.15, 0.2) is 0 Å². The second-order valence-corrected chi connectivity index (χ2v) is 8.97. The normalized spacial score (nSPS) is 25.4. The van der Waals surface area contributed by atoms with Crippen LogP contribution in [0.2, 0.25) is 5.02 Å². The Morgan fingerprint density at radius 1 is 1.22 bits per heavy atom. The van der Waals surface area contributed by atoms with Crippen LogP contribution in [0.15, 0.2) is 48.5 Å². The highest BCUT2D eigenvalue weighted by Crippen LogP contribution is 2.51. The molecule has 4 unspecified atom stereocenters. The van der Waals surface area contributed by atoms with Gasteiger partial charge in [0.2, 0.25) is 5.91 Å². The number of amides is 1. The van der Waals surface area contributed by atoms with Crippen LogP contribution in [0.25, 0.3) is 11.1 Å². The fraction of sp³-hybridized carbons (Fsp3) is 0.381. The Bertz CT molecular complexity index is 874. The summed E-state index contributed by atoms with van der Waals surface area (Å²) < 4.78 is 14.4. The summed E-state index contributed by atoms with van der Waals surface area (Å²) in [5, 5.41) is 0.710. The highest BCUT2D eigenvalue weighted by molar-refractivity contribution is 7.82. The Kier molecular flexibility index (Phi) is 5.35. The van der Waals surface area contributed by atoms with Gasteiger partial charge < -0.3 is 4.90 Å². The molecular formula is C21H23ClN2O2S. The number of carbonyl (C=O) groups excluding carboxylic acids is 1. The number of benzene rings is 2. The van der Waals surface area contributed by atoms with Gasteiger partial charge in [0.25, 0.3) is 0 Å². The van der Waals surface area contributed by atoms with Gasteiger partial charge in [0, 0.05) is 36.3 Å². The highest BCUT2D eigenvalue weighted by Gasteiger charge is 2.47. The summed E-state index contributed by atoms with van der Waals surface area (Å²) in [5.41, 5.74) is 3.45. The third-order valence-corrected chi connectivity index (χ3v) is 6.34. The van der Waals surface area contributed by atoms with Crippen LogP contribution in [0.1, 0.15) is 24.3 Å². The SMILES string of the molecule is CS(=O)NC1CCN(C(=O)C2CC2c2ccc(Cl)cc2-c2ccccc2)C1. The fourth-order valence-corrected chi connectivity index (χ4v) is 4.89. The lowest BCUT2D eigenvalue weighted by molar-refractivity contribution is -0.131. The minimum atomic E-state index is -1.04. The molecule has 142 valence electrons. The Morgan fingerprint density at radius 2 is 2.00 bits per heavy atom. The van der Waals surface area contributed by atoms with Crippen LogP contribution in [0, 0.1) is 5.92 Å². The lowest BCUT2D eigenvalue weighted by Gasteiger charge is -2.17. The van der Waals surface area contributed by atoms with Crippen molar-refractivity contribution in [3.05, 3.63) is 59.1 Å².